The molecule has 0 saturated heterocycles. The van der Waals surface area contributed by atoms with Crippen molar-refractivity contribution < 1.29 is 21.6 Å². The monoisotopic (exact) mass is 461 g/mol. The summed E-state index contributed by atoms with van der Waals surface area (Å²) in [6, 6.07) is 12.8. The molecule has 8 nitrogen and oxygen atoms in total. The van der Waals surface area contributed by atoms with Crippen molar-refractivity contribution in [2.24, 2.45) is 0 Å². The van der Waals surface area contributed by atoms with Gasteiger partial charge in [-0.05, 0) is 61.4 Å². The predicted octanol–water partition coefficient (Wildman–Crippen LogP) is 3.36. The number of benzene rings is 2. The van der Waals surface area contributed by atoms with E-state index in [1.807, 2.05) is 0 Å². The minimum atomic E-state index is -3.79. The summed E-state index contributed by atoms with van der Waals surface area (Å²) in [5, 5.41) is 7.69. The molecule has 31 heavy (non-hydrogen) atoms. The van der Waals surface area contributed by atoms with Crippen molar-refractivity contribution in [3.8, 4) is 17.0 Å². The van der Waals surface area contributed by atoms with Crippen LogP contribution in [0, 0.1) is 13.8 Å². The van der Waals surface area contributed by atoms with Crippen molar-refractivity contribution in [2.45, 2.75) is 30.7 Å². The van der Waals surface area contributed by atoms with Crippen LogP contribution in [-0.2, 0) is 19.9 Å². The topological polar surface area (TPSA) is 115 Å². The summed E-state index contributed by atoms with van der Waals surface area (Å²) in [4.78, 5) is 0.175. The van der Waals surface area contributed by atoms with Crippen LogP contribution in [0.4, 0.5) is 5.69 Å². The Labute approximate surface area is 182 Å². The Morgan fingerprint density at radius 3 is 2.13 bits per heavy atom. The number of anilines is 1. The van der Waals surface area contributed by atoms with E-state index in [1.165, 1.54) is 13.2 Å². The quantitative estimate of drug-likeness (QED) is 0.573. The molecule has 0 amide bonds. The Kier molecular flexibility index (Phi) is 6.33. The zero-order valence-electron chi connectivity index (χ0n) is 17.6. The Hall–Kier alpha value is -2.98. The Morgan fingerprint density at radius 2 is 1.58 bits per heavy atom. The lowest BCUT2D eigenvalue weighted by molar-refractivity contribution is 0.411. The summed E-state index contributed by atoms with van der Waals surface area (Å²) in [5.74, 6) is 0.572. The van der Waals surface area contributed by atoms with Crippen LogP contribution in [0.3, 0.4) is 0 Å². The number of hydrogen-bond donors (Lipinski definition) is 1. The molecule has 0 aliphatic rings. The highest BCUT2D eigenvalue weighted by molar-refractivity contribution is 7.92. The molecule has 0 atom stereocenters. The first-order valence-corrected chi connectivity index (χ1v) is 12.6. The number of aryl methyl sites for hydroxylation is 2. The molecule has 0 saturated carbocycles. The maximum Gasteiger partial charge on any atom is 0.262 e. The molecule has 0 aliphatic carbocycles. The maximum atomic E-state index is 12.9. The summed E-state index contributed by atoms with van der Waals surface area (Å²) < 4.78 is 57.2. The molecule has 0 fully saturated rings. The van der Waals surface area contributed by atoms with Gasteiger partial charge in [-0.2, -0.15) is 0 Å². The highest BCUT2D eigenvalue weighted by Crippen LogP contribution is 2.28. The Balaban J connectivity index is 1.83. The number of aromatic nitrogens is 2. The zero-order valence-corrected chi connectivity index (χ0v) is 19.2. The van der Waals surface area contributed by atoms with Crippen LogP contribution in [0.2, 0.25) is 0 Å². The maximum absolute atomic E-state index is 12.9. The molecule has 1 aromatic heterocycles. The van der Waals surface area contributed by atoms with Crippen molar-refractivity contribution in [3.63, 3.8) is 0 Å². The van der Waals surface area contributed by atoms with Gasteiger partial charge in [-0.15, -0.1) is 10.2 Å². The summed E-state index contributed by atoms with van der Waals surface area (Å²) in [6.07, 6.45) is 0. The average molecular weight is 462 g/mol. The molecule has 1 heterocycles. The first-order chi connectivity index (χ1) is 14.6. The molecule has 164 valence electrons. The standard InChI is InChI=1S/C21H23N3O5S2/c1-5-30(25,26)21-11-10-18(22-23-21)16-6-8-17(9-7-16)24-31(27,28)20-13-14(2)19(29-4)12-15(20)3/h6-13,24H,5H2,1-4H3. The Bertz CT molecular complexity index is 1300. The van der Waals surface area contributed by atoms with E-state index >= 15 is 0 Å². The van der Waals surface area contributed by atoms with E-state index in [1.54, 1.807) is 63.2 Å². The van der Waals surface area contributed by atoms with E-state index in [-0.39, 0.29) is 15.7 Å². The van der Waals surface area contributed by atoms with Crippen LogP contribution in [0.15, 0.2) is 58.5 Å². The second-order valence-electron chi connectivity index (χ2n) is 6.93. The minimum absolute atomic E-state index is 0.0525. The summed E-state index contributed by atoms with van der Waals surface area (Å²) in [5.41, 5.74) is 2.83. The third-order valence-corrected chi connectivity index (χ3v) is 7.89. The van der Waals surface area contributed by atoms with Crippen LogP contribution in [0.5, 0.6) is 5.75 Å². The Morgan fingerprint density at radius 1 is 0.903 bits per heavy atom. The van der Waals surface area contributed by atoms with Gasteiger partial charge in [-0.25, -0.2) is 16.8 Å². The van der Waals surface area contributed by atoms with Crippen LogP contribution >= 0.6 is 0 Å². The van der Waals surface area contributed by atoms with E-state index in [4.69, 9.17) is 4.74 Å². The fraction of sp³-hybridized carbons (Fsp3) is 0.238. The lowest BCUT2D eigenvalue weighted by Gasteiger charge is -2.13. The second-order valence-corrected chi connectivity index (χ2v) is 10.8. The molecule has 10 heteroatoms. The highest BCUT2D eigenvalue weighted by Gasteiger charge is 2.19. The smallest absolute Gasteiger partial charge is 0.262 e. The van der Waals surface area contributed by atoms with Gasteiger partial charge < -0.3 is 4.74 Å². The lowest BCUT2D eigenvalue weighted by atomic mass is 10.1. The highest BCUT2D eigenvalue weighted by atomic mass is 32.2. The van der Waals surface area contributed by atoms with Gasteiger partial charge in [0.05, 0.1) is 23.5 Å². The number of sulfonamides is 1. The third-order valence-electron chi connectivity index (χ3n) is 4.75. The molecule has 0 spiro atoms. The molecule has 0 unspecified atom stereocenters. The van der Waals surface area contributed by atoms with Gasteiger partial charge in [0.25, 0.3) is 10.0 Å². The number of nitrogens with one attached hydrogen (secondary N) is 1. The lowest BCUT2D eigenvalue weighted by Crippen LogP contribution is -2.14. The van der Waals surface area contributed by atoms with Gasteiger partial charge in [0.1, 0.15) is 5.75 Å². The van der Waals surface area contributed by atoms with E-state index in [9.17, 15) is 16.8 Å². The van der Waals surface area contributed by atoms with Gasteiger partial charge in [0.2, 0.25) is 0 Å². The SMILES string of the molecule is CCS(=O)(=O)c1ccc(-c2ccc(NS(=O)(=O)c3cc(C)c(OC)cc3C)cc2)nn1. The van der Waals surface area contributed by atoms with E-state index in [2.05, 4.69) is 14.9 Å². The van der Waals surface area contributed by atoms with Crippen LogP contribution < -0.4 is 9.46 Å². The molecular formula is C21H23N3O5S2. The molecule has 3 rings (SSSR count). The number of hydrogen-bond acceptors (Lipinski definition) is 7. The van der Waals surface area contributed by atoms with Crippen molar-refractivity contribution in [2.75, 3.05) is 17.6 Å². The van der Waals surface area contributed by atoms with Gasteiger partial charge in [0, 0.05) is 11.3 Å². The summed E-state index contributed by atoms with van der Waals surface area (Å²) in [7, 11) is -5.68. The van der Waals surface area contributed by atoms with Crippen molar-refractivity contribution in [1.82, 2.24) is 10.2 Å². The van der Waals surface area contributed by atoms with E-state index in [0.29, 0.717) is 28.3 Å². The molecular weight excluding hydrogens is 438 g/mol. The van der Waals surface area contributed by atoms with Gasteiger partial charge in [-0.1, -0.05) is 19.1 Å². The second kappa shape index (κ2) is 8.64. The predicted molar refractivity (Wildman–Crippen MR) is 118 cm³/mol. The largest absolute Gasteiger partial charge is 0.496 e. The van der Waals surface area contributed by atoms with E-state index in [0.717, 1.165) is 5.56 Å². The molecule has 3 aromatic rings. The number of sulfone groups is 1. The summed E-state index contributed by atoms with van der Waals surface area (Å²) in [6.45, 7) is 5.03. The third kappa shape index (κ3) is 4.86. The molecule has 0 bridgehead atoms. The number of rotatable bonds is 7. The average Bonchev–Trinajstić information content (AvgIpc) is 2.75. The number of nitrogens with zero attached hydrogens (tertiary/aromatic N) is 2. The first-order valence-electron chi connectivity index (χ1n) is 9.42. The number of ether oxygens (including phenoxy) is 1. The van der Waals surface area contributed by atoms with Crippen molar-refractivity contribution in [1.29, 1.82) is 0 Å². The molecule has 0 radical (unpaired) electrons. The molecule has 2 aromatic carbocycles. The zero-order chi connectivity index (χ0) is 22.8. The van der Waals surface area contributed by atoms with Gasteiger partial charge in [-0.3, -0.25) is 4.72 Å². The fourth-order valence-electron chi connectivity index (χ4n) is 2.98. The molecule has 0 aliphatic heterocycles. The van der Waals surface area contributed by atoms with Crippen molar-refractivity contribution >= 4 is 25.5 Å². The minimum Gasteiger partial charge on any atom is -0.496 e. The van der Waals surface area contributed by atoms with Crippen LogP contribution in [0.25, 0.3) is 11.3 Å². The fourth-order valence-corrected chi connectivity index (χ4v) is 5.09. The number of methoxy groups -OCH3 is 1. The van der Waals surface area contributed by atoms with Crippen LogP contribution in [0.1, 0.15) is 18.1 Å². The molecule has 1 N–H and O–H groups in total. The van der Waals surface area contributed by atoms with Crippen molar-refractivity contribution in [3.05, 3.63) is 59.7 Å². The van der Waals surface area contributed by atoms with Crippen LogP contribution in [-0.4, -0.2) is 39.9 Å². The normalized spacial score (nSPS) is 11.9. The van der Waals surface area contributed by atoms with Gasteiger partial charge >= 0.3 is 0 Å². The summed E-state index contributed by atoms with van der Waals surface area (Å²) >= 11 is 0. The van der Waals surface area contributed by atoms with Gasteiger partial charge in [0.15, 0.2) is 14.9 Å². The van der Waals surface area contributed by atoms with E-state index < -0.39 is 19.9 Å². The first kappa shape index (κ1) is 22.7.